The van der Waals surface area contributed by atoms with Crippen LogP contribution in [0.5, 0.6) is 0 Å². The molecule has 0 saturated heterocycles. The Balaban J connectivity index is 1.80. The van der Waals surface area contributed by atoms with Crippen LogP contribution >= 0.6 is 11.3 Å². The van der Waals surface area contributed by atoms with Crippen LogP contribution in [0.4, 0.5) is 0 Å². The lowest BCUT2D eigenvalue weighted by molar-refractivity contribution is 0.249. The molecule has 0 radical (unpaired) electrons. The monoisotopic (exact) mass is 326 g/mol. The van der Waals surface area contributed by atoms with Crippen molar-refractivity contribution in [2.24, 2.45) is 7.05 Å². The van der Waals surface area contributed by atoms with Crippen LogP contribution < -0.4 is 0 Å². The molecular formula is C18H22N4S. The Labute approximate surface area is 141 Å². The van der Waals surface area contributed by atoms with Crippen LogP contribution in [0.15, 0.2) is 42.0 Å². The normalized spacial score (nSPS) is 11.3. The first kappa shape index (κ1) is 15.9. The minimum absolute atomic E-state index is 0.895. The van der Waals surface area contributed by atoms with Gasteiger partial charge in [-0.05, 0) is 19.4 Å². The molecule has 3 aromatic rings. The van der Waals surface area contributed by atoms with Crippen LogP contribution in [0, 0.1) is 13.8 Å². The van der Waals surface area contributed by atoms with Crippen LogP contribution in [-0.2, 0) is 26.7 Å². The van der Waals surface area contributed by atoms with Crippen molar-refractivity contribution in [1.29, 1.82) is 0 Å². The molecule has 0 fully saturated rings. The van der Waals surface area contributed by atoms with Gasteiger partial charge in [0.25, 0.3) is 0 Å². The molecule has 0 saturated carbocycles. The van der Waals surface area contributed by atoms with Gasteiger partial charge in [0.15, 0.2) is 0 Å². The number of aromatic nitrogens is 3. The van der Waals surface area contributed by atoms with E-state index in [0.717, 1.165) is 25.3 Å². The van der Waals surface area contributed by atoms with Gasteiger partial charge in [-0.1, -0.05) is 30.3 Å². The minimum Gasteiger partial charge on any atom is -0.290 e. The van der Waals surface area contributed by atoms with E-state index in [-0.39, 0.29) is 0 Å². The zero-order valence-corrected chi connectivity index (χ0v) is 14.7. The predicted molar refractivity (Wildman–Crippen MR) is 94.2 cm³/mol. The van der Waals surface area contributed by atoms with Gasteiger partial charge >= 0.3 is 0 Å². The van der Waals surface area contributed by atoms with Gasteiger partial charge in [-0.2, -0.15) is 5.10 Å². The molecule has 4 nitrogen and oxygen atoms in total. The molecule has 2 heterocycles. The second-order valence-electron chi connectivity index (χ2n) is 5.87. The highest BCUT2D eigenvalue weighted by atomic mass is 32.1. The summed E-state index contributed by atoms with van der Waals surface area (Å²) in [5.41, 5.74) is 6.91. The topological polar surface area (TPSA) is 34.0 Å². The average Bonchev–Trinajstić information content (AvgIpc) is 3.09. The van der Waals surface area contributed by atoms with Gasteiger partial charge in [-0.3, -0.25) is 9.58 Å². The van der Waals surface area contributed by atoms with E-state index in [0.29, 0.717) is 0 Å². The van der Waals surface area contributed by atoms with Crippen molar-refractivity contribution >= 4 is 11.3 Å². The van der Waals surface area contributed by atoms with Gasteiger partial charge in [0, 0.05) is 42.8 Å². The van der Waals surface area contributed by atoms with Crippen molar-refractivity contribution in [3.8, 4) is 0 Å². The van der Waals surface area contributed by atoms with E-state index >= 15 is 0 Å². The van der Waals surface area contributed by atoms with Gasteiger partial charge in [-0.15, -0.1) is 11.3 Å². The van der Waals surface area contributed by atoms with Crippen LogP contribution in [0.25, 0.3) is 0 Å². The molecule has 0 amide bonds. The van der Waals surface area contributed by atoms with Gasteiger partial charge < -0.3 is 0 Å². The third-order valence-electron chi connectivity index (χ3n) is 4.19. The molecule has 0 aliphatic heterocycles. The maximum atomic E-state index is 4.38. The summed E-state index contributed by atoms with van der Waals surface area (Å²) in [6.07, 6.45) is 1.98. The van der Waals surface area contributed by atoms with E-state index in [2.05, 4.69) is 59.2 Å². The Morgan fingerprint density at radius 3 is 2.48 bits per heavy atom. The standard InChI is InChI=1S/C18H22N4S/c1-14-18(23-13-19-14)12-22(10-16-7-5-4-6-8-16)11-17-9-20-21(3)15(17)2/h4-9,13H,10-12H2,1-3H3. The zero-order valence-electron chi connectivity index (χ0n) is 13.9. The minimum atomic E-state index is 0.895. The first-order valence-corrected chi connectivity index (χ1v) is 8.64. The summed E-state index contributed by atoms with van der Waals surface area (Å²) in [6, 6.07) is 10.6. The highest BCUT2D eigenvalue weighted by Crippen LogP contribution is 2.20. The van der Waals surface area contributed by atoms with Crippen LogP contribution in [0.2, 0.25) is 0 Å². The summed E-state index contributed by atoms with van der Waals surface area (Å²) in [4.78, 5) is 8.17. The predicted octanol–water partition coefficient (Wildman–Crippen LogP) is 3.70. The number of hydrogen-bond donors (Lipinski definition) is 0. The van der Waals surface area contributed by atoms with Crippen molar-refractivity contribution in [3.63, 3.8) is 0 Å². The molecule has 1 aromatic carbocycles. The summed E-state index contributed by atoms with van der Waals surface area (Å²) in [5.74, 6) is 0. The quantitative estimate of drug-likeness (QED) is 0.693. The lowest BCUT2D eigenvalue weighted by Crippen LogP contribution is -2.22. The van der Waals surface area contributed by atoms with E-state index < -0.39 is 0 Å². The van der Waals surface area contributed by atoms with E-state index in [1.54, 1.807) is 11.3 Å². The van der Waals surface area contributed by atoms with Gasteiger partial charge in [0.05, 0.1) is 17.4 Å². The van der Waals surface area contributed by atoms with Crippen molar-refractivity contribution in [3.05, 3.63) is 69.4 Å². The summed E-state index contributed by atoms with van der Waals surface area (Å²) >= 11 is 1.73. The zero-order chi connectivity index (χ0) is 16.2. The number of hydrogen-bond acceptors (Lipinski definition) is 4. The van der Waals surface area contributed by atoms with Crippen molar-refractivity contribution in [1.82, 2.24) is 19.7 Å². The molecule has 0 bridgehead atoms. The molecule has 0 N–H and O–H groups in total. The summed E-state index contributed by atoms with van der Waals surface area (Å²) < 4.78 is 1.94. The van der Waals surface area contributed by atoms with Crippen LogP contribution in [-0.4, -0.2) is 19.7 Å². The molecule has 2 aromatic heterocycles. The molecule has 23 heavy (non-hydrogen) atoms. The summed E-state index contributed by atoms with van der Waals surface area (Å²) in [7, 11) is 1.99. The first-order valence-electron chi connectivity index (χ1n) is 7.76. The second kappa shape index (κ2) is 7.06. The second-order valence-corrected chi connectivity index (χ2v) is 6.81. The fourth-order valence-corrected chi connectivity index (χ4v) is 3.45. The summed E-state index contributed by atoms with van der Waals surface area (Å²) in [6.45, 7) is 6.95. The van der Waals surface area contributed by atoms with E-state index in [1.807, 2.05) is 23.4 Å². The highest BCUT2D eigenvalue weighted by molar-refractivity contribution is 7.09. The lowest BCUT2D eigenvalue weighted by atomic mass is 10.2. The SMILES string of the molecule is Cc1ncsc1CN(Cc1ccccc1)Cc1cnn(C)c1C. The Morgan fingerprint density at radius 2 is 1.87 bits per heavy atom. The number of rotatable bonds is 6. The third kappa shape index (κ3) is 3.86. The Kier molecular flexibility index (Phi) is 4.88. The number of benzene rings is 1. The Bertz CT molecular complexity index is 760. The maximum absolute atomic E-state index is 4.38. The molecule has 0 atom stereocenters. The van der Waals surface area contributed by atoms with Gasteiger partial charge in [0.1, 0.15) is 0 Å². The summed E-state index contributed by atoms with van der Waals surface area (Å²) in [5, 5.41) is 4.37. The van der Waals surface area contributed by atoms with E-state index in [1.165, 1.54) is 21.7 Å². The van der Waals surface area contributed by atoms with Crippen molar-refractivity contribution in [2.75, 3.05) is 0 Å². The fraction of sp³-hybridized carbons (Fsp3) is 0.333. The average molecular weight is 326 g/mol. The van der Waals surface area contributed by atoms with Crippen molar-refractivity contribution < 1.29 is 0 Å². The van der Waals surface area contributed by atoms with Crippen LogP contribution in [0.1, 0.15) is 27.4 Å². The third-order valence-corrected chi connectivity index (χ3v) is 5.11. The van der Waals surface area contributed by atoms with Gasteiger partial charge in [0.2, 0.25) is 0 Å². The smallest absolute Gasteiger partial charge is 0.0798 e. The molecular weight excluding hydrogens is 304 g/mol. The molecule has 0 spiro atoms. The lowest BCUT2D eigenvalue weighted by Gasteiger charge is -2.22. The number of thiazole rings is 1. The number of nitrogens with zero attached hydrogens (tertiary/aromatic N) is 4. The maximum Gasteiger partial charge on any atom is 0.0798 e. The highest BCUT2D eigenvalue weighted by Gasteiger charge is 2.14. The van der Waals surface area contributed by atoms with Crippen LogP contribution in [0.3, 0.4) is 0 Å². The Morgan fingerprint density at radius 1 is 1.09 bits per heavy atom. The Hall–Kier alpha value is -1.98. The fourth-order valence-electron chi connectivity index (χ4n) is 2.63. The molecule has 0 aliphatic rings. The largest absolute Gasteiger partial charge is 0.290 e. The molecule has 3 rings (SSSR count). The van der Waals surface area contributed by atoms with Gasteiger partial charge in [-0.25, -0.2) is 4.98 Å². The van der Waals surface area contributed by atoms with Crippen molar-refractivity contribution in [2.45, 2.75) is 33.5 Å². The molecule has 120 valence electrons. The number of aryl methyl sites for hydroxylation is 2. The molecule has 5 heteroatoms. The molecule has 0 unspecified atom stereocenters. The van der Waals surface area contributed by atoms with E-state index in [9.17, 15) is 0 Å². The molecule has 0 aliphatic carbocycles. The first-order chi connectivity index (χ1) is 11.1. The van der Waals surface area contributed by atoms with E-state index in [4.69, 9.17) is 0 Å².